The number of aromatic nitrogens is 6. The summed E-state index contributed by atoms with van der Waals surface area (Å²) in [7, 11) is 0. The number of carbonyl (C=O) groups is 1. The second-order valence-corrected chi connectivity index (χ2v) is 6.72. The van der Waals surface area contributed by atoms with Crippen LogP contribution in [-0.2, 0) is 4.79 Å². The van der Waals surface area contributed by atoms with Crippen LogP contribution in [0.15, 0.2) is 9.57 Å². The van der Waals surface area contributed by atoms with Crippen LogP contribution in [0.5, 0.6) is 0 Å². The molecule has 10 heteroatoms. The van der Waals surface area contributed by atoms with Crippen molar-refractivity contribution in [2.24, 2.45) is 0 Å². The molecule has 0 aliphatic heterocycles. The molecule has 1 N–H and O–H groups in total. The lowest BCUT2D eigenvalue weighted by molar-refractivity contribution is -0.113. The van der Waals surface area contributed by atoms with Crippen molar-refractivity contribution in [3.8, 4) is 0 Å². The van der Waals surface area contributed by atoms with Crippen molar-refractivity contribution in [3.63, 3.8) is 0 Å². The molecule has 1 amide bonds. The standard InChI is InChI=1S/C13H19N7O2S/c1-8(2)11-15-16-12(22-11)14-10(21)7-23-13-17-18-19-20(13)9-5-3-4-6-9/h8-9H,3-7H2,1-2H3,(H,14,16,21). The molecule has 124 valence electrons. The summed E-state index contributed by atoms with van der Waals surface area (Å²) in [6.45, 7) is 3.88. The molecule has 2 aromatic heterocycles. The monoisotopic (exact) mass is 337 g/mol. The first-order chi connectivity index (χ1) is 11.1. The third-order valence-electron chi connectivity index (χ3n) is 3.65. The van der Waals surface area contributed by atoms with E-state index in [1.54, 1.807) is 0 Å². The fraction of sp³-hybridized carbons (Fsp3) is 0.692. The summed E-state index contributed by atoms with van der Waals surface area (Å²) in [5, 5.41) is 22.7. The highest BCUT2D eigenvalue weighted by Crippen LogP contribution is 2.31. The lowest BCUT2D eigenvalue weighted by Crippen LogP contribution is -2.15. The molecule has 0 bridgehead atoms. The predicted octanol–water partition coefficient (Wildman–Crippen LogP) is 2.03. The lowest BCUT2D eigenvalue weighted by atomic mass is 10.2. The van der Waals surface area contributed by atoms with Gasteiger partial charge in [-0.05, 0) is 23.3 Å². The van der Waals surface area contributed by atoms with Crippen LogP contribution >= 0.6 is 11.8 Å². The van der Waals surface area contributed by atoms with Gasteiger partial charge in [0.1, 0.15) is 0 Å². The summed E-state index contributed by atoms with van der Waals surface area (Å²) < 4.78 is 7.18. The maximum Gasteiger partial charge on any atom is 0.322 e. The topological polar surface area (TPSA) is 112 Å². The highest BCUT2D eigenvalue weighted by molar-refractivity contribution is 7.99. The van der Waals surface area contributed by atoms with E-state index in [9.17, 15) is 4.79 Å². The summed E-state index contributed by atoms with van der Waals surface area (Å²) in [6, 6.07) is 0.467. The summed E-state index contributed by atoms with van der Waals surface area (Å²) in [5.41, 5.74) is 0. The van der Waals surface area contributed by atoms with E-state index in [4.69, 9.17) is 4.42 Å². The first kappa shape index (κ1) is 15.9. The maximum atomic E-state index is 12.0. The van der Waals surface area contributed by atoms with Gasteiger partial charge >= 0.3 is 6.01 Å². The maximum absolute atomic E-state index is 12.0. The molecule has 9 nitrogen and oxygen atoms in total. The van der Waals surface area contributed by atoms with Gasteiger partial charge in [0.15, 0.2) is 0 Å². The Kier molecular flexibility index (Phi) is 4.89. The van der Waals surface area contributed by atoms with Crippen molar-refractivity contribution in [1.82, 2.24) is 30.4 Å². The van der Waals surface area contributed by atoms with Gasteiger partial charge < -0.3 is 4.42 Å². The number of hydrogen-bond donors (Lipinski definition) is 1. The molecule has 2 aromatic rings. The zero-order valence-electron chi connectivity index (χ0n) is 13.1. The van der Waals surface area contributed by atoms with Crippen molar-refractivity contribution in [1.29, 1.82) is 0 Å². The molecule has 1 aliphatic rings. The number of hydrogen-bond acceptors (Lipinski definition) is 8. The second-order valence-electron chi connectivity index (χ2n) is 5.78. The Morgan fingerprint density at radius 3 is 2.83 bits per heavy atom. The minimum atomic E-state index is -0.227. The van der Waals surface area contributed by atoms with Crippen LogP contribution in [0, 0.1) is 0 Å². The first-order valence-electron chi connectivity index (χ1n) is 7.67. The zero-order valence-corrected chi connectivity index (χ0v) is 13.9. The largest absolute Gasteiger partial charge is 0.408 e. The van der Waals surface area contributed by atoms with Gasteiger partial charge in [0.05, 0.1) is 11.8 Å². The molecule has 0 aromatic carbocycles. The summed E-state index contributed by atoms with van der Waals surface area (Å²) in [4.78, 5) is 12.0. The Labute approximate surface area is 137 Å². The molecule has 23 heavy (non-hydrogen) atoms. The predicted molar refractivity (Wildman–Crippen MR) is 83.1 cm³/mol. The van der Waals surface area contributed by atoms with Gasteiger partial charge in [0.2, 0.25) is 17.0 Å². The number of nitrogens with zero attached hydrogens (tertiary/aromatic N) is 6. The van der Waals surface area contributed by atoms with E-state index in [2.05, 4.69) is 31.0 Å². The van der Waals surface area contributed by atoms with Crippen LogP contribution < -0.4 is 5.32 Å². The SMILES string of the molecule is CC(C)c1nnc(NC(=O)CSc2nnnn2C2CCCC2)o1. The molecule has 0 radical (unpaired) electrons. The van der Waals surface area contributed by atoms with Crippen molar-refractivity contribution in [2.45, 2.75) is 56.6 Å². The van der Waals surface area contributed by atoms with E-state index in [0.717, 1.165) is 12.8 Å². The Bertz CT molecular complexity index is 663. The molecule has 1 saturated carbocycles. The summed E-state index contributed by atoms with van der Waals surface area (Å²) in [6.07, 6.45) is 4.57. The zero-order chi connectivity index (χ0) is 16.2. The van der Waals surface area contributed by atoms with Crippen LogP contribution in [0.2, 0.25) is 0 Å². The quantitative estimate of drug-likeness (QED) is 0.797. The molecule has 0 unspecified atom stereocenters. The minimum Gasteiger partial charge on any atom is -0.408 e. The number of nitrogens with one attached hydrogen (secondary N) is 1. The fourth-order valence-corrected chi connectivity index (χ4v) is 3.21. The Balaban J connectivity index is 1.53. The molecular weight excluding hydrogens is 318 g/mol. The van der Waals surface area contributed by atoms with Gasteiger partial charge in [-0.2, -0.15) is 0 Å². The van der Waals surface area contributed by atoms with Crippen LogP contribution in [0.1, 0.15) is 57.4 Å². The van der Waals surface area contributed by atoms with Crippen LogP contribution in [0.3, 0.4) is 0 Å². The smallest absolute Gasteiger partial charge is 0.322 e. The molecule has 2 heterocycles. The van der Waals surface area contributed by atoms with Crippen molar-refractivity contribution >= 4 is 23.7 Å². The number of rotatable bonds is 6. The van der Waals surface area contributed by atoms with Crippen LogP contribution in [0.4, 0.5) is 6.01 Å². The Hall–Kier alpha value is -1.97. The Morgan fingerprint density at radius 1 is 1.35 bits per heavy atom. The number of thioether (sulfide) groups is 1. The van der Waals surface area contributed by atoms with Gasteiger partial charge in [0.25, 0.3) is 0 Å². The molecular formula is C13H19N7O2S. The van der Waals surface area contributed by atoms with Gasteiger partial charge in [-0.15, -0.1) is 10.2 Å². The minimum absolute atomic E-state index is 0.120. The van der Waals surface area contributed by atoms with Crippen molar-refractivity contribution in [3.05, 3.63) is 5.89 Å². The lowest BCUT2D eigenvalue weighted by Gasteiger charge is -2.10. The highest BCUT2D eigenvalue weighted by Gasteiger charge is 2.22. The van der Waals surface area contributed by atoms with Gasteiger partial charge in [0, 0.05) is 5.92 Å². The first-order valence-corrected chi connectivity index (χ1v) is 8.66. The average Bonchev–Trinajstić information content (AvgIpc) is 3.25. The average molecular weight is 337 g/mol. The molecule has 0 atom stereocenters. The summed E-state index contributed by atoms with van der Waals surface area (Å²) in [5.74, 6) is 0.582. The number of carbonyl (C=O) groups excluding carboxylic acids is 1. The third kappa shape index (κ3) is 3.87. The second kappa shape index (κ2) is 7.07. The van der Waals surface area contributed by atoms with E-state index in [1.165, 1.54) is 24.6 Å². The number of tetrazole rings is 1. The van der Waals surface area contributed by atoms with E-state index >= 15 is 0 Å². The fourth-order valence-electron chi connectivity index (χ4n) is 2.46. The number of amides is 1. The van der Waals surface area contributed by atoms with Gasteiger partial charge in [-0.3, -0.25) is 10.1 Å². The van der Waals surface area contributed by atoms with Crippen molar-refractivity contribution < 1.29 is 9.21 Å². The molecule has 0 spiro atoms. The van der Waals surface area contributed by atoms with Gasteiger partial charge in [-0.1, -0.05) is 43.5 Å². The highest BCUT2D eigenvalue weighted by atomic mass is 32.2. The molecule has 1 fully saturated rings. The Morgan fingerprint density at radius 2 is 2.13 bits per heavy atom. The van der Waals surface area contributed by atoms with Crippen LogP contribution in [0.25, 0.3) is 0 Å². The van der Waals surface area contributed by atoms with E-state index in [0.29, 0.717) is 17.1 Å². The number of anilines is 1. The van der Waals surface area contributed by atoms with Crippen LogP contribution in [-0.4, -0.2) is 42.1 Å². The van der Waals surface area contributed by atoms with E-state index < -0.39 is 0 Å². The molecule has 1 aliphatic carbocycles. The van der Waals surface area contributed by atoms with Crippen molar-refractivity contribution in [2.75, 3.05) is 11.1 Å². The normalized spacial score (nSPS) is 15.4. The van der Waals surface area contributed by atoms with E-state index in [1.807, 2.05) is 18.5 Å². The summed E-state index contributed by atoms with van der Waals surface area (Å²) >= 11 is 1.31. The van der Waals surface area contributed by atoms with Gasteiger partial charge in [-0.25, -0.2) is 4.68 Å². The molecule has 0 saturated heterocycles. The molecule has 3 rings (SSSR count). The third-order valence-corrected chi connectivity index (χ3v) is 4.58. The van der Waals surface area contributed by atoms with E-state index in [-0.39, 0.29) is 23.6 Å².